The molecule has 23 heavy (non-hydrogen) atoms. The van der Waals surface area contributed by atoms with Crippen molar-refractivity contribution in [3.8, 4) is 0 Å². The number of anilines is 1. The van der Waals surface area contributed by atoms with Gasteiger partial charge in [0.1, 0.15) is 17.3 Å². The van der Waals surface area contributed by atoms with E-state index in [2.05, 4.69) is 10.3 Å². The van der Waals surface area contributed by atoms with Gasteiger partial charge in [0.25, 0.3) is 5.91 Å². The lowest BCUT2D eigenvalue weighted by atomic mass is 10.1. The first-order chi connectivity index (χ1) is 11.1. The normalized spacial score (nSPS) is 15.7. The number of hydrogen-bond donors (Lipinski definition) is 1. The summed E-state index contributed by atoms with van der Waals surface area (Å²) in [6.07, 6.45) is 4.81. The van der Waals surface area contributed by atoms with Crippen LogP contribution in [0.15, 0.2) is 57.8 Å². The predicted molar refractivity (Wildman–Crippen MR) is 91.4 cm³/mol. The van der Waals surface area contributed by atoms with Crippen molar-refractivity contribution >= 4 is 23.5 Å². The Balaban J connectivity index is 1.69. The highest BCUT2D eigenvalue weighted by atomic mass is 16.3. The van der Waals surface area contributed by atoms with Crippen molar-refractivity contribution in [1.29, 1.82) is 0 Å². The summed E-state index contributed by atoms with van der Waals surface area (Å²) in [5, 5.41) is 2.81. The molecule has 0 aliphatic carbocycles. The molecule has 0 bridgehead atoms. The van der Waals surface area contributed by atoms with Crippen LogP contribution in [0.1, 0.15) is 17.7 Å². The number of benzene rings is 1. The number of amidine groups is 1. The summed E-state index contributed by atoms with van der Waals surface area (Å²) in [5.41, 5.74) is 2.51. The van der Waals surface area contributed by atoms with Crippen molar-refractivity contribution in [2.24, 2.45) is 4.99 Å². The fourth-order valence-corrected chi connectivity index (χ4v) is 2.36. The Labute approximate surface area is 135 Å². The van der Waals surface area contributed by atoms with Crippen LogP contribution in [0.25, 0.3) is 6.08 Å². The lowest BCUT2D eigenvalue weighted by Gasteiger charge is -2.11. The lowest BCUT2D eigenvalue weighted by Crippen LogP contribution is -2.24. The van der Waals surface area contributed by atoms with Gasteiger partial charge in [-0.3, -0.25) is 4.79 Å². The second-order valence-corrected chi connectivity index (χ2v) is 5.61. The third-order valence-corrected chi connectivity index (χ3v) is 3.65. The maximum Gasteiger partial charge on any atom is 0.275 e. The summed E-state index contributed by atoms with van der Waals surface area (Å²) < 4.78 is 5.29. The predicted octanol–water partition coefficient (Wildman–Crippen LogP) is 2.85. The molecule has 1 aromatic heterocycles. The van der Waals surface area contributed by atoms with E-state index in [4.69, 9.17) is 4.42 Å². The molecule has 0 saturated heterocycles. The first kappa shape index (κ1) is 15.1. The Morgan fingerprint density at radius 3 is 2.61 bits per heavy atom. The Hall–Kier alpha value is -2.82. The van der Waals surface area contributed by atoms with E-state index in [1.54, 1.807) is 12.3 Å². The van der Waals surface area contributed by atoms with E-state index in [0.29, 0.717) is 18.0 Å². The van der Waals surface area contributed by atoms with Crippen LogP contribution >= 0.6 is 0 Å². The van der Waals surface area contributed by atoms with Crippen LogP contribution in [0.4, 0.5) is 5.69 Å². The van der Waals surface area contributed by atoms with Crippen molar-refractivity contribution in [3.05, 3.63) is 59.7 Å². The zero-order valence-electron chi connectivity index (χ0n) is 13.2. The summed E-state index contributed by atoms with van der Waals surface area (Å²) in [6, 6.07) is 11.8. The number of nitrogens with zero attached hydrogens (tertiary/aromatic N) is 2. The van der Waals surface area contributed by atoms with Gasteiger partial charge in [0.05, 0.1) is 6.26 Å². The van der Waals surface area contributed by atoms with Gasteiger partial charge in [-0.2, -0.15) is 0 Å². The monoisotopic (exact) mass is 309 g/mol. The molecule has 0 atom stereocenters. The highest BCUT2D eigenvalue weighted by Crippen LogP contribution is 2.17. The van der Waals surface area contributed by atoms with E-state index in [-0.39, 0.29) is 5.91 Å². The highest BCUT2D eigenvalue weighted by Gasteiger charge is 2.19. The van der Waals surface area contributed by atoms with Crippen LogP contribution in [0.3, 0.4) is 0 Å². The lowest BCUT2D eigenvalue weighted by molar-refractivity contribution is -0.115. The zero-order chi connectivity index (χ0) is 16.2. The summed E-state index contributed by atoms with van der Waals surface area (Å²) in [7, 11) is 3.99. The Bertz CT molecular complexity index is 741. The molecule has 0 saturated carbocycles. The van der Waals surface area contributed by atoms with Crippen LogP contribution in [0.2, 0.25) is 0 Å². The molecule has 0 fully saturated rings. The number of aryl methyl sites for hydroxylation is 1. The molecular formula is C18H19N3O2. The minimum atomic E-state index is -0.156. The van der Waals surface area contributed by atoms with Crippen LogP contribution in [0, 0.1) is 0 Å². The van der Waals surface area contributed by atoms with Gasteiger partial charge in [-0.25, -0.2) is 4.99 Å². The maximum atomic E-state index is 12.0. The van der Waals surface area contributed by atoms with E-state index < -0.39 is 0 Å². The molecule has 1 aromatic carbocycles. The molecule has 0 radical (unpaired) electrons. The summed E-state index contributed by atoms with van der Waals surface area (Å²) in [4.78, 5) is 18.4. The Kier molecular flexibility index (Phi) is 4.28. The van der Waals surface area contributed by atoms with E-state index >= 15 is 0 Å². The van der Waals surface area contributed by atoms with Gasteiger partial charge < -0.3 is 14.6 Å². The molecule has 0 spiro atoms. The standard InChI is InChI=1S/C18H19N3O2/c1-21(2)14-7-5-13(6-8-14)12-16-18(22)20-17(19-16)10-9-15-4-3-11-23-15/h3-8,11-12H,9-10H2,1-2H3,(H,19,20,22)/b16-12+. The largest absolute Gasteiger partial charge is 0.469 e. The number of furan rings is 1. The summed E-state index contributed by atoms with van der Waals surface area (Å²) in [5.74, 6) is 1.41. The second kappa shape index (κ2) is 6.52. The van der Waals surface area contributed by atoms with Gasteiger partial charge in [-0.05, 0) is 35.9 Å². The molecule has 2 heterocycles. The molecule has 0 unspecified atom stereocenters. The fraction of sp³-hybridized carbons (Fsp3) is 0.222. The highest BCUT2D eigenvalue weighted by molar-refractivity contribution is 6.14. The molecular weight excluding hydrogens is 290 g/mol. The molecule has 3 rings (SSSR count). The van der Waals surface area contributed by atoms with Crippen LogP contribution in [0.5, 0.6) is 0 Å². The van der Waals surface area contributed by atoms with Gasteiger partial charge in [-0.15, -0.1) is 0 Å². The minimum Gasteiger partial charge on any atom is -0.469 e. The third-order valence-electron chi connectivity index (χ3n) is 3.65. The Morgan fingerprint density at radius 1 is 1.17 bits per heavy atom. The third kappa shape index (κ3) is 3.69. The van der Waals surface area contributed by atoms with Crippen LogP contribution in [-0.4, -0.2) is 25.8 Å². The number of nitrogens with one attached hydrogen (secondary N) is 1. The van der Waals surface area contributed by atoms with E-state index in [0.717, 1.165) is 23.4 Å². The van der Waals surface area contributed by atoms with Gasteiger partial charge in [0, 0.05) is 32.6 Å². The van der Waals surface area contributed by atoms with Crippen LogP contribution in [-0.2, 0) is 11.2 Å². The van der Waals surface area contributed by atoms with E-state index in [9.17, 15) is 4.79 Å². The average Bonchev–Trinajstić information content (AvgIpc) is 3.16. The number of hydrogen-bond acceptors (Lipinski definition) is 4. The average molecular weight is 309 g/mol. The van der Waals surface area contributed by atoms with Crippen molar-refractivity contribution in [2.45, 2.75) is 12.8 Å². The minimum absolute atomic E-state index is 0.156. The molecule has 1 aliphatic rings. The van der Waals surface area contributed by atoms with Crippen LogP contribution < -0.4 is 10.2 Å². The SMILES string of the molecule is CN(C)c1ccc(/C=C2/N=C(CCc3ccco3)NC2=O)cc1. The number of carbonyl (C=O) groups is 1. The zero-order valence-corrected chi connectivity index (χ0v) is 13.2. The molecule has 1 N–H and O–H groups in total. The smallest absolute Gasteiger partial charge is 0.275 e. The number of rotatable bonds is 5. The van der Waals surface area contributed by atoms with Crippen molar-refractivity contribution in [3.63, 3.8) is 0 Å². The number of aliphatic imine (C=N–C) groups is 1. The molecule has 2 aromatic rings. The molecule has 5 nitrogen and oxygen atoms in total. The first-order valence-corrected chi connectivity index (χ1v) is 7.52. The van der Waals surface area contributed by atoms with E-state index in [1.807, 2.05) is 55.4 Å². The fourth-order valence-electron chi connectivity index (χ4n) is 2.36. The molecule has 1 aliphatic heterocycles. The van der Waals surface area contributed by atoms with E-state index in [1.165, 1.54) is 0 Å². The first-order valence-electron chi connectivity index (χ1n) is 7.52. The van der Waals surface area contributed by atoms with Gasteiger partial charge in [-0.1, -0.05) is 12.1 Å². The number of carbonyl (C=O) groups excluding carboxylic acids is 1. The van der Waals surface area contributed by atoms with Crippen molar-refractivity contribution < 1.29 is 9.21 Å². The maximum absolute atomic E-state index is 12.0. The summed E-state index contributed by atoms with van der Waals surface area (Å²) >= 11 is 0. The Morgan fingerprint density at radius 2 is 1.96 bits per heavy atom. The van der Waals surface area contributed by atoms with Gasteiger partial charge >= 0.3 is 0 Å². The van der Waals surface area contributed by atoms with Crippen molar-refractivity contribution in [1.82, 2.24) is 5.32 Å². The molecule has 1 amide bonds. The summed E-state index contributed by atoms with van der Waals surface area (Å²) in [6.45, 7) is 0. The quantitative estimate of drug-likeness (QED) is 0.864. The second-order valence-electron chi connectivity index (χ2n) is 5.61. The van der Waals surface area contributed by atoms with Gasteiger partial charge in [0.2, 0.25) is 0 Å². The number of amides is 1. The molecule has 118 valence electrons. The topological polar surface area (TPSA) is 57.8 Å². The van der Waals surface area contributed by atoms with Gasteiger partial charge in [0.15, 0.2) is 0 Å². The van der Waals surface area contributed by atoms with Crippen molar-refractivity contribution in [2.75, 3.05) is 19.0 Å². The molecule has 5 heteroatoms.